The van der Waals surface area contributed by atoms with Crippen molar-refractivity contribution in [2.24, 2.45) is 0 Å². The van der Waals surface area contributed by atoms with Gasteiger partial charge in [0.1, 0.15) is 5.69 Å². The second-order valence-corrected chi connectivity index (χ2v) is 9.48. The van der Waals surface area contributed by atoms with E-state index < -0.39 is 53.8 Å². The molecular weight excluding hydrogens is 465 g/mol. The average molecular weight is 479 g/mol. The van der Waals surface area contributed by atoms with Gasteiger partial charge in [0, 0.05) is 11.0 Å². The van der Waals surface area contributed by atoms with E-state index in [1.54, 1.807) is 0 Å². The number of anilines is 2. The third kappa shape index (κ3) is 6.14. The Hall–Kier alpha value is -2.71. The summed E-state index contributed by atoms with van der Waals surface area (Å²) < 4.78 is 57.7. The predicted molar refractivity (Wildman–Crippen MR) is 108 cm³/mol. The number of nitro benzene ring substituents is 2. The van der Waals surface area contributed by atoms with Gasteiger partial charge in [-0.2, -0.15) is 8.42 Å². The highest BCUT2D eigenvalue weighted by Gasteiger charge is 2.23. The van der Waals surface area contributed by atoms with E-state index in [2.05, 4.69) is 18.7 Å². The highest BCUT2D eigenvalue weighted by molar-refractivity contribution is 7.91. The molecular formula is C14H14N3O10PS2. The van der Waals surface area contributed by atoms with Crippen LogP contribution in [-0.2, 0) is 24.4 Å². The van der Waals surface area contributed by atoms with Gasteiger partial charge in [0.2, 0.25) is 0 Å². The first-order valence-corrected chi connectivity index (χ1v) is 11.3. The van der Waals surface area contributed by atoms with Crippen molar-refractivity contribution in [3.05, 3.63) is 56.6 Å². The minimum Gasteiger partial charge on any atom is -0.350 e. The van der Waals surface area contributed by atoms with Crippen molar-refractivity contribution in [2.45, 2.75) is 4.90 Å². The summed E-state index contributed by atoms with van der Waals surface area (Å²) in [5.41, 5.74) is -0.796. The molecule has 1 atom stereocenters. The van der Waals surface area contributed by atoms with Crippen molar-refractivity contribution in [1.82, 2.24) is 0 Å². The van der Waals surface area contributed by atoms with E-state index in [0.717, 1.165) is 6.07 Å². The Morgan fingerprint density at radius 3 is 2.07 bits per heavy atom. The molecule has 0 bridgehead atoms. The summed E-state index contributed by atoms with van der Waals surface area (Å²) in [5.74, 6) is -0.718. The van der Waals surface area contributed by atoms with Crippen LogP contribution in [0.25, 0.3) is 0 Å². The molecule has 0 saturated heterocycles. The predicted octanol–water partition coefficient (Wildman–Crippen LogP) is 1.34. The molecule has 2 N–H and O–H groups in total. The van der Waals surface area contributed by atoms with Gasteiger partial charge >= 0.3 is 10.4 Å². The lowest BCUT2D eigenvalue weighted by atomic mass is 10.2. The van der Waals surface area contributed by atoms with Gasteiger partial charge in [0.25, 0.3) is 11.4 Å². The smallest absolute Gasteiger partial charge is 0.350 e. The van der Waals surface area contributed by atoms with Gasteiger partial charge in [-0.3, -0.25) is 24.8 Å². The molecule has 16 heteroatoms. The zero-order valence-electron chi connectivity index (χ0n) is 14.8. The van der Waals surface area contributed by atoms with Gasteiger partial charge in [0.05, 0.1) is 33.2 Å². The maximum Gasteiger partial charge on any atom is 0.397 e. The zero-order valence-corrected chi connectivity index (χ0v) is 17.6. The first-order valence-electron chi connectivity index (χ1n) is 7.74. The Bertz CT molecular complexity index is 1200. The number of hydrogen-bond acceptors (Lipinski definition) is 10. The van der Waals surface area contributed by atoms with Crippen molar-refractivity contribution < 1.29 is 35.4 Å². The summed E-state index contributed by atoms with van der Waals surface area (Å²) in [4.78, 5) is 20.5. The molecule has 1 unspecified atom stereocenters. The van der Waals surface area contributed by atoms with Crippen LogP contribution in [0.2, 0.25) is 0 Å². The lowest BCUT2D eigenvalue weighted by Gasteiger charge is -2.10. The van der Waals surface area contributed by atoms with E-state index in [1.165, 1.54) is 30.3 Å². The Morgan fingerprint density at radius 1 is 1.00 bits per heavy atom. The number of nitrogens with one attached hydrogen (secondary N) is 1. The first kappa shape index (κ1) is 23.6. The van der Waals surface area contributed by atoms with Crippen molar-refractivity contribution in [1.29, 1.82) is 0 Å². The Kier molecular flexibility index (Phi) is 7.05. The number of benzene rings is 2. The van der Waals surface area contributed by atoms with Crippen LogP contribution < -0.4 is 10.6 Å². The monoisotopic (exact) mass is 479 g/mol. The Labute approximate surface area is 172 Å². The fraction of sp³-hybridized carbons (Fsp3) is 0.143. The highest BCUT2D eigenvalue weighted by atomic mass is 32.3. The SMILES string of the molecule is O=[N+]([O-])c1cc([N+](=O)[O-])c(Nc2ccc(S(=O)(=O)CCOS(=O)(=O)O)cc2)cc1P. The van der Waals surface area contributed by atoms with Gasteiger partial charge in [-0.15, -0.1) is 0 Å². The van der Waals surface area contributed by atoms with Crippen LogP contribution in [0.15, 0.2) is 41.3 Å². The molecule has 2 aromatic carbocycles. The minimum atomic E-state index is -4.77. The van der Waals surface area contributed by atoms with Crippen LogP contribution in [0.1, 0.15) is 0 Å². The molecule has 30 heavy (non-hydrogen) atoms. The molecule has 0 spiro atoms. The summed E-state index contributed by atoms with van der Waals surface area (Å²) in [7, 11) is -6.59. The van der Waals surface area contributed by atoms with E-state index >= 15 is 0 Å². The summed E-state index contributed by atoms with van der Waals surface area (Å²) in [5, 5.41) is 25.0. The second-order valence-electron chi connectivity index (χ2n) is 5.66. The van der Waals surface area contributed by atoms with Crippen LogP contribution in [-0.4, -0.2) is 43.6 Å². The third-order valence-electron chi connectivity index (χ3n) is 3.62. The molecule has 2 rings (SSSR count). The van der Waals surface area contributed by atoms with Gasteiger partial charge in [-0.05, 0) is 30.3 Å². The summed E-state index contributed by atoms with van der Waals surface area (Å²) in [6.45, 7) is -0.785. The van der Waals surface area contributed by atoms with Gasteiger partial charge < -0.3 is 5.32 Å². The maximum atomic E-state index is 12.1. The number of nitro groups is 2. The van der Waals surface area contributed by atoms with Gasteiger partial charge in [0.15, 0.2) is 9.84 Å². The van der Waals surface area contributed by atoms with Crippen molar-refractivity contribution in [3.63, 3.8) is 0 Å². The van der Waals surface area contributed by atoms with Crippen LogP contribution in [0.4, 0.5) is 22.7 Å². The lowest BCUT2D eigenvalue weighted by molar-refractivity contribution is -0.392. The zero-order chi connectivity index (χ0) is 22.7. The van der Waals surface area contributed by atoms with Crippen molar-refractivity contribution in [2.75, 3.05) is 17.7 Å². The Balaban J connectivity index is 2.25. The molecule has 0 radical (unpaired) electrons. The maximum absolute atomic E-state index is 12.1. The molecule has 0 fully saturated rings. The van der Waals surface area contributed by atoms with Crippen molar-refractivity contribution >= 4 is 57.5 Å². The van der Waals surface area contributed by atoms with Crippen LogP contribution in [0.5, 0.6) is 0 Å². The molecule has 0 aliphatic rings. The Morgan fingerprint density at radius 2 is 1.57 bits per heavy atom. The normalized spacial score (nSPS) is 11.8. The number of rotatable bonds is 9. The minimum absolute atomic E-state index is 0.0484. The van der Waals surface area contributed by atoms with E-state index in [4.69, 9.17) is 4.55 Å². The molecule has 162 valence electrons. The van der Waals surface area contributed by atoms with Gasteiger partial charge in [-0.25, -0.2) is 12.6 Å². The number of sulfone groups is 1. The fourth-order valence-electron chi connectivity index (χ4n) is 2.27. The topological polar surface area (TPSA) is 196 Å². The molecule has 0 aliphatic heterocycles. The summed E-state index contributed by atoms with van der Waals surface area (Å²) in [6, 6.07) is 6.93. The lowest BCUT2D eigenvalue weighted by Crippen LogP contribution is -2.15. The second kappa shape index (κ2) is 8.97. The molecule has 0 heterocycles. The van der Waals surface area contributed by atoms with E-state index in [0.29, 0.717) is 0 Å². The molecule has 0 amide bonds. The fourth-order valence-corrected chi connectivity index (χ4v) is 4.12. The molecule has 2 aromatic rings. The molecule has 0 saturated carbocycles. The largest absolute Gasteiger partial charge is 0.397 e. The molecule has 13 nitrogen and oxygen atoms in total. The number of nitrogens with zero attached hydrogens (tertiary/aromatic N) is 2. The van der Waals surface area contributed by atoms with Crippen LogP contribution >= 0.6 is 9.24 Å². The van der Waals surface area contributed by atoms with E-state index in [9.17, 15) is 37.1 Å². The van der Waals surface area contributed by atoms with Crippen LogP contribution in [0.3, 0.4) is 0 Å². The third-order valence-corrected chi connectivity index (χ3v) is 6.24. The standard InChI is InChI=1S/C14H14N3O10PS2/c18-16(19)12-8-13(17(20)21)14(28)7-11(12)15-9-1-3-10(4-2-9)29(22,23)6-5-27-30(24,25)26/h1-4,7-8,15H,5-6,28H2,(H,24,25,26). The van der Waals surface area contributed by atoms with E-state index in [-0.39, 0.29) is 21.6 Å². The summed E-state index contributed by atoms with van der Waals surface area (Å²) in [6.07, 6.45) is 0. The van der Waals surface area contributed by atoms with E-state index in [1.807, 2.05) is 0 Å². The van der Waals surface area contributed by atoms with Crippen LogP contribution in [0, 0.1) is 20.2 Å². The molecule has 0 aromatic heterocycles. The van der Waals surface area contributed by atoms with Crippen molar-refractivity contribution in [3.8, 4) is 0 Å². The molecule has 0 aliphatic carbocycles. The number of hydrogen-bond donors (Lipinski definition) is 2. The van der Waals surface area contributed by atoms with Gasteiger partial charge in [-0.1, -0.05) is 9.24 Å². The highest BCUT2D eigenvalue weighted by Crippen LogP contribution is 2.31. The quantitative estimate of drug-likeness (QED) is 0.228. The first-order chi connectivity index (χ1) is 13.8. The summed E-state index contributed by atoms with van der Waals surface area (Å²) >= 11 is 0. The average Bonchev–Trinajstić information content (AvgIpc) is 2.60.